The number of pyridine rings is 2. The summed E-state index contributed by atoms with van der Waals surface area (Å²) in [5.74, 6) is 0. The SMILES string of the molecule is Cn1nc(-c2ccncc2)sc1=[N+](c1ccncc1)C1CCCCC1. The van der Waals surface area contributed by atoms with Gasteiger partial charge in [-0.3, -0.25) is 9.97 Å². The van der Waals surface area contributed by atoms with Crippen LogP contribution in [-0.2, 0) is 7.05 Å². The minimum Gasteiger partial charge on any atom is -0.265 e. The summed E-state index contributed by atoms with van der Waals surface area (Å²) in [6, 6.07) is 8.74. The molecule has 0 bridgehead atoms. The van der Waals surface area contributed by atoms with Gasteiger partial charge >= 0.3 is 4.80 Å². The van der Waals surface area contributed by atoms with E-state index >= 15 is 0 Å². The van der Waals surface area contributed by atoms with Crippen LogP contribution in [0.2, 0.25) is 0 Å². The Morgan fingerprint density at radius 2 is 1.60 bits per heavy atom. The van der Waals surface area contributed by atoms with Gasteiger partial charge < -0.3 is 0 Å². The van der Waals surface area contributed by atoms with Crippen LogP contribution in [0.1, 0.15) is 32.1 Å². The number of aryl methyl sites for hydroxylation is 1. The molecule has 4 rings (SSSR count). The Kier molecular flexibility index (Phi) is 4.70. The van der Waals surface area contributed by atoms with Gasteiger partial charge in [-0.15, -0.1) is 4.68 Å². The van der Waals surface area contributed by atoms with E-state index in [4.69, 9.17) is 5.10 Å². The van der Waals surface area contributed by atoms with Gasteiger partial charge in [0.05, 0.1) is 0 Å². The number of hydrogen-bond acceptors (Lipinski definition) is 4. The molecule has 0 atom stereocenters. The van der Waals surface area contributed by atoms with Crippen LogP contribution < -0.4 is 9.38 Å². The highest BCUT2D eigenvalue weighted by atomic mass is 32.1. The van der Waals surface area contributed by atoms with Crippen molar-refractivity contribution < 1.29 is 0 Å². The van der Waals surface area contributed by atoms with Gasteiger partial charge in [0.15, 0.2) is 5.01 Å². The molecule has 0 unspecified atom stereocenters. The summed E-state index contributed by atoms with van der Waals surface area (Å²) in [4.78, 5) is 9.47. The molecule has 0 saturated heterocycles. The second-order valence-electron chi connectivity index (χ2n) is 6.42. The molecule has 3 aromatic heterocycles. The average Bonchev–Trinajstić information content (AvgIpc) is 3.06. The summed E-state index contributed by atoms with van der Waals surface area (Å²) in [5, 5.41) is 5.80. The Hall–Kier alpha value is -2.34. The molecular formula is C19H22N5S+. The Labute approximate surface area is 151 Å². The first-order chi connectivity index (χ1) is 12.3. The zero-order valence-corrected chi connectivity index (χ0v) is 15.2. The van der Waals surface area contributed by atoms with Crippen LogP contribution in [0.4, 0.5) is 5.69 Å². The minimum atomic E-state index is 0.521. The van der Waals surface area contributed by atoms with Crippen LogP contribution in [0.5, 0.6) is 0 Å². The maximum Gasteiger partial charge on any atom is 0.363 e. The zero-order chi connectivity index (χ0) is 17.1. The minimum absolute atomic E-state index is 0.521. The van der Waals surface area contributed by atoms with Gasteiger partial charge in [-0.1, -0.05) is 11.5 Å². The fraction of sp³-hybridized carbons (Fsp3) is 0.368. The Bertz CT molecular complexity index is 892. The van der Waals surface area contributed by atoms with Crippen LogP contribution in [0.15, 0.2) is 49.1 Å². The Morgan fingerprint density at radius 1 is 0.960 bits per heavy atom. The summed E-state index contributed by atoms with van der Waals surface area (Å²) in [6.07, 6.45) is 13.8. The highest BCUT2D eigenvalue weighted by molar-refractivity contribution is 7.12. The van der Waals surface area contributed by atoms with Crippen LogP contribution >= 0.6 is 11.3 Å². The van der Waals surface area contributed by atoms with Crippen LogP contribution in [0, 0.1) is 0 Å². The van der Waals surface area contributed by atoms with Crippen LogP contribution in [0.3, 0.4) is 0 Å². The second-order valence-corrected chi connectivity index (χ2v) is 7.37. The molecule has 1 aliphatic carbocycles. The molecule has 6 heteroatoms. The van der Waals surface area contributed by atoms with E-state index in [0.717, 1.165) is 10.6 Å². The van der Waals surface area contributed by atoms with E-state index in [1.807, 2.05) is 48.6 Å². The van der Waals surface area contributed by atoms with Crippen LogP contribution in [-0.4, -0.2) is 25.8 Å². The molecule has 0 spiro atoms. The Morgan fingerprint density at radius 3 is 2.28 bits per heavy atom. The molecule has 1 aliphatic rings. The van der Waals surface area contributed by atoms with Gasteiger partial charge in [-0.05, 0) is 49.2 Å². The predicted octanol–water partition coefficient (Wildman–Crippen LogP) is 3.38. The molecule has 3 aromatic rings. The van der Waals surface area contributed by atoms with Gasteiger partial charge in [-0.2, -0.15) is 0 Å². The van der Waals surface area contributed by atoms with Crippen molar-refractivity contribution in [3.63, 3.8) is 0 Å². The standard InChI is InChI=1S/C19H22N5S/c1-23-19(25-18(22-23)15-7-11-20-12-8-15)24(16-5-3-2-4-6-16)17-9-13-21-14-10-17/h7-14,16H,2-6H2,1H3/q+1. The first-order valence-corrected chi connectivity index (χ1v) is 9.61. The third kappa shape index (κ3) is 3.39. The van der Waals surface area contributed by atoms with Gasteiger partial charge in [0.1, 0.15) is 18.8 Å². The molecule has 0 radical (unpaired) electrons. The van der Waals surface area contributed by atoms with Crippen molar-refractivity contribution in [3.05, 3.63) is 53.9 Å². The van der Waals surface area contributed by atoms with E-state index in [9.17, 15) is 0 Å². The largest absolute Gasteiger partial charge is 0.363 e. The molecule has 0 N–H and O–H groups in total. The average molecular weight is 352 g/mol. The van der Waals surface area contributed by atoms with Gasteiger partial charge in [-0.25, -0.2) is 4.58 Å². The summed E-state index contributed by atoms with van der Waals surface area (Å²) < 4.78 is 4.47. The molecule has 0 aromatic carbocycles. The monoisotopic (exact) mass is 352 g/mol. The van der Waals surface area contributed by atoms with Crippen molar-refractivity contribution in [2.24, 2.45) is 7.05 Å². The summed E-state index contributed by atoms with van der Waals surface area (Å²) in [7, 11) is 2.04. The van der Waals surface area contributed by atoms with E-state index in [-0.39, 0.29) is 0 Å². The van der Waals surface area contributed by atoms with Crippen molar-refractivity contribution >= 4 is 17.0 Å². The molecule has 0 aliphatic heterocycles. The molecule has 1 saturated carbocycles. The quantitative estimate of drug-likeness (QED) is 0.679. The fourth-order valence-corrected chi connectivity index (χ4v) is 4.61. The van der Waals surface area contributed by atoms with Crippen molar-refractivity contribution in [3.8, 4) is 10.6 Å². The zero-order valence-electron chi connectivity index (χ0n) is 14.4. The number of rotatable bonds is 3. The summed E-state index contributed by atoms with van der Waals surface area (Å²) >= 11 is 1.74. The van der Waals surface area contributed by atoms with Crippen molar-refractivity contribution in [1.82, 2.24) is 24.3 Å². The van der Waals surface area contributed by atoms with E-state index in [0.29, 0.717) is 6.04 Å². The van der Waals surface area contributed by atoms with E-state index < -0.39 is 0 Å². The van der Waals surface area contributed by atoms with E-state index in [1.54, 1.807) is 11.3 Å². The van der Waals surface area contributed by atoms with Crippen LogP contribution in [0.25, 0.3) is 10.6 Å². The molecular weight excluding hydrogens is 330 g/mol. The molecule has 3 heterocycles. The van der Waals surface area contributed by atoms with E-state index in [2.05, 4.69) is 26.7 Å². The topological polar surface area (TPSA) is 46.6 Å². The lowest BCUT2D eigenvalue weighted by atomic mass is 9.95. The molecule has 5 nitrogen and oxygen atoms in total. The van der Waals surface area contributed by atoms with Crippen molar-refractivity contribution in [2.75, 3.05) is 0 Å². The highest BCUT2D eigenvalue weighted by Gasteiger charge is 2.25. The highest BCUT2D eigenvalue weighted by Crippen LogP contribution is 2.24. The maximum atomic E-state index is 4.77. The van der Waals surface area contributed by atoms with Gasteiger partial charge in [0.2, 0.25) is 0 Å². The lowest BCUT2D eigenvalue weighted by Crippen LogP contribution is -2.39. The Balaban J connectivity index is 1.90. The van der Waals surface area contributed by atoms with E-state index in [1.165, 1.54) is 42.6 Å². The first-order valence-electron chi connectivity index (χ1n) is 8.80. The molecule has 25 heavy (non-hydrogen) atoms. The fourth-order valence-electron chi connectivity index (χ4n) is 3.49. The van der Waals surface area contributed by atoms with Gasteiger partial charge in [0.25, 0.3) is 0 Å². The van der Waals surface area contributed by atoms with Crippen molar-refractivity contribution in [2.45, 2.75) is 38.1 Å². The predicted molar refractivity (Wildman–Crippen MR) is 100 cm³/mol. The maximum absolute atomic E-state index is 4.77. The smallest absolute Gasteiger partial charge is 0.265 e. The second kappa shape index (κ2) is 7.27. The third-order valence-corrected chi connectivity index (χ3v) is 5.87. The van der Waals surface area contributed by atoms with Gasteiger partial charge in [0, 0.05) is 42.5 Å². The molecule has 1 fully saturated rings. The number of nitrogens with zero attached hydrogens (tertiary/aromatic N) is 5. The number of hydrogen-bond donors (Lipinski definition) is 0. The lowest BCUT2D eigenvalue weighted by molar-refractivity contribution is 0.367. The number of aromatic nitrogens is 4. The normalized spacial score (nSPS) is 16.7. The summed E-state index contributed by atoms with van der Waals surface area (Å²) in [6.45, 7) is 0. The molecule has 0 amide bonds. The third-order valence-electron chi connectivity index (χ3n) is 4.72. The van der Waals surface area contributed by atoms with Crippen molar-refractivity contribution in [1.29, 1.82) is 0 Å². The summed E-state index contributed by atoms with van der Waals surface area (Å²) in [5.41, 5.74) is 2.31. The first kappa shape index (κ1) is 16.1. The lowest BCUT2D eigenvalue weighted by Gasteiger charge is -2.22. The molecule has 128 valence electrons.